The SMILES string of the molecule is CCOc1cc([C@@H]2NC(=S)NC(c3ccccc3)=C2C(=O)c2ccccc2)c(Br)c(Br)c1OCc1ccccc1Cl. The summed E-state index contributed by atoms with van der Waals surface area (Å²) in [6.45, 7) is 2.56. The molecular formula is C32H25Br2ClN2O3S. The molecule has 0 spiro atoms. The van der Waals surface area contributed by atoms with Crippen molar-refractivity contribution in [1.82, 2.24) is 10.6 Å². The minimum Gasteiger partial charge on any atom is -0.490 e. The van der Waals surface area contributed by atoms with Crippen molar-refractivity contribution in [2.24, 2.45) is 0 Å². The zero-order valence-electron chi connectivity index (χ0n) is 21.9. The number of halogens is 3. The lowest BCUT2D eigenvalue weighted by Crippen LogP contribution is -2.45. The van der Waals surface area contributed by atoms with Crippen LogP contribution in [-0.2, 0) is 6.61 Å². The molecule has 0 amide bonds. The van der Waals surface area contributed by atoms with Gasteiger partial charge in [0.2, 0.25) is 0 Å². The van der Waals surface area contributed by atoms with Crippen molar-refractivity contribution in [3.05, 3.63) is 133 Å². The van der Waals surface area contributed by atoms with Gasteiger partial charge in [0.15, 0.2) is 22.4 Å². The number of carbonyl (C=O) groups is 1. The Bertz CT molecular complexity index is 1630. The number of carbonyl (C=O) groups excluding carboxylic acids is 1. The first-order valence-corrected chi connectivity index (χ1v) is 15.2. The highest BCUT2D eigenvalue weighted by Crippen LogP contribution is 2.47. The van der Waals surface area contributed by atoms with Gasteiger partial charge in [-0.05, 0) is 74.3 Å². The summed E-state index contributed by atoms with van der Waals surface area (Å²) in [4.78, 5) is 14.2. The highest BCUT2D eigenvalue weighted by molar-refractivity contribution is 9.13. The standard InChI is InChI=1S/C32H25Br2ClN2O3S/c1-2-39-24-17-22(26(33)27(34)31(24)40-18-21-15-9-10-16-23(21)35)29-25(30(38)20-13-7-4-8-14-20)28(36-32(41)37-29)19-11-5-3-6-12-19/h3-17,29H,2,18H2,1H3,(H2,36,37,41)/t29-/m0/s1. The third-order valence-electron chi connectivity index (χ3n) is 6.51. The maximum Gasteiger partial charge on any atom is 0.193 e. The molecule has 4 aromatic rings. The third kappa shape index (κ3) is 6.36. The number of hydrogen-bond donors (Lipinski definition) is 2. The van der Waals surface area contributed by atoms with E-state index < -0.39 is 6.04 Å². The van der Waals surface area contributed by atoms with Gasteiger partial charge < -0.3 is 20.1 Å². The second-order valence-electron chi connectivity index (χ2n) is 9.12. The monoisotopic (exact) mass is 710 g/mol. The van der Waals surface area contributed by atoms with E-state index in [0.717, 1.165) is 16.7 Å². The molecule has 0 aliphatic carbocycles. The predicted octanol–water partition coefficient (Wildman–Crippen LogP) is 8.66. The minimum atomic E-state index is -0.603. The maximum atomic E-state index is 14.2. The van der Waals surface area contributed by atoms with Crippen molar-refractivity contribution < 1.29 is 14.3 Å². The Hall–Kier alpha value is -3.17. The van der Waals surface area contributed by atoms with Gasteiger partial charge in [0, 0.05) is 20.6 Å². The summed E-state index contributed by atoms with van der Waals surface area (Å²) in [6, 6.07) is 27.7. The van der Waals surface area contributed by atoms with Gasteiger partial charge in [0.25, 0.3) is 0 Å². The smallest absolute Gasteiger partial charge is 0.193 e. The Morgan fingerprint density at radius 3 is 2.27 bits per heavy atom. The minimum absolute atomic E-state index is 0.128. The normalized spacial score (nSPS) is 14.7. The number of ether oxygens (including phenoxy) is 2. The van der Waals surface area contributed by atoms with Crippen LogP contribution in [0.4, 0.5) is 0 Å². The number of rotatable bonds is 9. The van der Waals surface area contributed by atoms with E-state index in [0.29, 0.717) is 54.0 Å². The zero-order chi connectivity index (χ0) is 28.9. The predicted molar refractivity (Wildman–Crippen MR) is 175 cm³/mol. The van der Waals surface area contributed by atoms with Crippen LogP contribution in [-0.4, -0.2) is 17.5 Å². The van der Waals surface area contributed by atoms with E-state index in [1.165, 1.54) is 0 Å². The van der Waals surface area contributed by atoms with Crippen molar-refractivity contribution >= 4 is 72.3 Å². The van der Waals surface area contributed by atoms with Crippen LogP contribution in [0.15, 0.2) is 106 Å². The van der Waals surface area contributed by atoms with Crippen LogP contribution in [0.5, 0.6) is 11.5 Å². The Kier molecular flexibility index (Phi) is 9.45. The molecule has 2 N–H and O–H groups in total. The lowest BCUT2D eigenvalue weighted by atomic mass is 9.87. The zero-order valence-corrected chi connectivity index (χ0v) is 26.7. The molecule has 208 valence electrons. The van der Waals surface area contributed by atoms with Crippen LogP contribution in [0, 0.1) is 0 Å². The summed E-state index contributed by atoms with van der Waals surface area (Å²) in [5.74, 6) is 0.905. The van der Waals surface area contributed by atoms with Crippen LogP contribution in [0.3, 0.4) is 0 Å². The molecule has 5 rings (SSSR count). The number of hydrogen-bond acceptors (Lipinski definition) is 4. The number of nitrogens with one attached hydrogen (secondary N) is 2. The van der Waals surface area contributed by atoms with E-state index >= 15 is 0 Å². The summed E-state index contributed by atoms with van der Waals surface area (Å²) in [7, 11) is 0. The second kappa shape index (κ2) is 13.2. The Morgan fingerprint density at radius 1 is 0.927 bits per heavy atom. The van der Waals surface area contributed by atoms with E-state index in [4.69, 9.17) is 33.3 Å². The Morgan fingerprint density at radius 2 is 1.59 bits per heavy atom. The quantitative estimate of drug-likeness (QED) is 0.134. The number of thiocarbonyl (C=S) groups is 1. The number of Topliss-reactive ketones (excluding diaryl/α,β-unsaturated/α-hetero) is 1. The number of ketones is 1. The van der Waals surface area contributed by atoms with Gasteiger partial charge in [-0.2, -0.15) is 0 Å². The summed E-state index contributed by atoms with van der Waals surface area (Å²) in [5.41, 5.74) is 4.18. The average Bonchev–Trinajstić information content (AvgIpc) is 2.99. The fourth-order valence-electron chi connectivity index (χ4n) is 4.60. The molecule has 0 saturated carbocycles. The average molecular weight is 713 g/mol. The maximum absolute atomic E-state index is 14.2. The summed E-state index contributed by atoms with van der Waals surface area (Å²) in [6.07, 6.45) is 0. The molecule has 1 aliphatic heterocycles. The van der Waals surface area contributed by atoms with Crippen molar-refractivity contribution in [1.29, 1.82) is 0 Å². The molecule has 0 fully saturated rings. The summed E-state index contributed by atoms with van der Waals surface area (Å²) >= 11 is 19.5. The van der Waals surface area contributed by atoms with E-state index in [1.807, 2.05) is 97.9 Å². The van der Waals surface area contributed by atoms with E-state index in [9.17, 15) is 4.79 Å². The van der Waals surface area contributed by atoms with Crippen molar-refractivity contribution in [3.63, 3.8) is 0 Å². The highest BCUT2D eigenvalue weighted by atomic mass is 79.9. The molecule has 4 aromatic carbocycles. The Labute approximate surface area is 266 Å². The lowest BCUT2D eigenvalue weighted by Gasteiger charge is -2.33. The largest absolute Gasteiger partial charge is 0.490 e. The third-order valence-corrected chi connectivity index (χ3v) is 9.24. The van der Waals surface area contributed by atoms with Gasteiger partial charge in [-0.25, -0.2) is 0 Å². The molecule has 1 heterocycles. The van der Waals surface area contributed by atoms with Crippen molar-refractivity contribution in [2.75, 3.05) is 6.61 Å². The van der Waals surface area contributed by atoms with Crippen LogP contribution in [0.1, 0.15) is 40.0 Å². The fourth-order valence-corrected chi connectivity index (χ4v) is 6.07. The van der Waals surface area contributed by atoms with Crippen LogP contribution >= 0.6 is 55.7 Å². The lowest BCUT2D eigenvalue weighted by molar-refractivity contribution is 0.102. The topological polar surface area (TPSA) is 59.6 Å². The van der Waals surface area contributed by atoms with Crippen LogP contribution in [0.2, 0.25) is 5.02 Å². The fraction of sp³-hybridized carbons (Fsp3) is 0.125. The van der Waals surface area contributed by atoms with Crippen LogP contribution in [0.25, 0.3) is 5.70 Å². The van der Waals surface area contributed by atoms with Gasteiger partial charge in [0.1, 0.15) is 6.61 Å². The van der Waals surface area contributed by atoms with Gasteiger partial charge in [-0.3, -0.25) is 4.79 Å². The van der Waals surface area contributed by atoms with E-state index in [1.54, 1.807) is 0 Å². The van der Waals surface area contributed by atoms with Gasteiger partial charge in [-0.15, -0.1) is 0 Å². The Balaban J connectivity index is 1.65. The first-order chi connectivity index (χ1) is 19.9. The summed E-state index contributed by atoms with van der Waals surface area (Å²) < 4.78 is 13.6. The van der Waals surface area contributed by atoms with E-state index in [-0.39, 0.29) is 12.4 Å². The highest BCUT2D eigenvalue weighted by Gasteiger charge is 2.35. The molecule has 0 radical (unpaired) electrons. The molecule has 0 bridgehead atoms. The number of benzene rings is 4. The second-order valence-corrected chi connectivity index (χ2v) is 11.5. The molecule has 41 heavy (non-hydrogen) atoms. The molecule has 1 aliphatic rings. The molecule has 1 atom stereocenters. The molecule has 0 aromatic heterocycles. The van der Waals surface area contributed by atoms with Crippen molar-refractivity contribution in [2.45, 2.75) is 19.6 Å². The molecule has 0 unspecified atom stereocenters. The summed E-state index contributed by atoms with van der Waals surface area (Å²) in [5, 5.41) is 7.60. The molecule has 9 heteroatoms. The molecular weight excluding hydrogens is 688 g/mol. The van der Waals surface area contributed by atoms with Gasteiger partial charge >= 0.3 is 0 Å². The molecule has 0 saturated heterocycles. The van der Waals surface area contributed by atoms with Crippen LogP contribution < -0.4 is 20.1 Å². The first kappa shape index (κ1) is 29.3. The molecule has 5 nitrogen and oxygen atoms in total. The van der Waals surface area contributed by atoms with E-state index in [2.05, 4.69) is 42.5 Å². The van der Waals surface area contributed by atoms with Gasteiger partial charge in [0.05, 0.1) is 28.4 Å². The first-order valence-electron chi connectivity index (χ1n) is 12.9. The van der Waals surface area contributed by atoms with Crippen molar-refractivity contribution in [3.8, 4) is 11.5 Å². The van der Waals surface area contributed by atoms with Gasteiger partial charge in [-0.1, -0.05) is 90.5 Å².